The second-order valence-electron chi connectivity index (χ2n) is 8.82. The van der Waals surface area contributed by atoms with Crippen molar-refractivity contribution in [3.05, 3.63) is 16.1 Å². The van der Waals surface area contributed by atoms with Crippen LogP contribution in [0.2, 0.25) is 0 Å². The number of aromatic nitrogens is 1. The number of piperidine rings is 1. The lowest BCUT2D eigenvalue weighted by Gasteiger charge is -2.48. The zero-order valence-electron chi connectivity index (χ0n) is 17.6. The first-order valence-corrected chi connectivity index (χ1v) is 11.6. The Kier molecular flexibility index (Phi) is 7.68. The summed E-state index contributed by atoms with van der Waals surface area (Å²) in [5, 5.41) is 13.1. The number of rotatable bonds is 7. The van der Waals surface area contributed by atoms with Crippen molar-refractivity contribution in [1.82, 2.24) is 19.7 Å². The molecule has 6 heteroatoms. The molecule has 3 rings (SSSR count). The molecule has 1 atom stereocenters. The summed E-state index contributed by atoms with van der Waals surface area (Å²) in [6.07, 6.45) is 3.42. The van der Waals surface area contributed by atoms with Crippen LogP contribution in [-0.4, -0.2) is 82.2 Å². The summed E-state index contributed by atoms with van der Waals surface area (Å²) >= 11 is 1.80. The van der Waals surface area contributed by atoms with E-state index in [1.54, 1.807) is 11.3 Å². The highest BCUT2D eigenvalue weighted by Gasteiger charge is 2.34. The van der Waals surface area contributed by atoms with Crippen LogP contribution in [0.15, 0.2) is 5.38 Å². The number of aliphatic hydroxyl groups is 1. The maximum atomic E-state index is 9.63. The standard InChI is InChI=1S/C21H38N4OS/c1-16(2)20-15-27-21(22-20)14-23-10-11-25(19(13-23)7-12-26)18-5-8-24(9-6-18)17(3)4/h15-19,26H,5-14H2,1-4H3/t19-/m1/s1. The van der Waals surface area contributed by atoms with Crippen molar-refractivity contribution in [2.75, 3.05) is 39.3 Å². The molecule has 0 aliphatic carbocycles. The van der Waals surface area contributed by atoms with Crippen LogP contribution in [0.1, 0.15) is 63.6 Å². The Morgan fingerprint density at radius 2 is 1.89 bits per heavy atom. The van der Waals surface area contributed by atoms with E-state index >= 15 is 0 Å². The van der Waals surface area contributed by atoms with Gasteiger partial charge in [0.1, 0.15) is 5.01 Å². The third-order valence-electron chi connectivity index (χ3n) is 6.29. The molecule has 0 radical (unpaired) electrons. The van der Waals surface area contributed by atoms with Crippen LogP contribution in [-0.2, 0) is 6.54 Å². The van der Waals surface area contributed by atoms with Gasteiger partial charge in [0.15, 0.2) is 0 Å². The molecule has 2 saturated heterocycles. The van der Waals surface area contributed by atoms with Gasteiger partial charge in [0.25, 0.3) is 0 Å². The lowest BCUT2D eigenvalue weighted by atomic mass is 9.97. The van der Waals surface area contributed by atoms with Gasteiger partial charge < -0.3 is 10.0 Å². The Bertz CT molecular complexity index is 568. The van der Waals surface area contributed by atoms with Gasteiger partial charge in [0.2, 0.25) is 0 Å². The lowest BCUT2D eigenvalue weighted by Crippen LogP contribution is -2.58. The van der Waals surface area contributed by atoms with Gasteiger partial charge in [-0.2, -0.15) is 0 Å². The maximum absolute atomic E-state index is 9.63. The fraction of sp³-hybridized carbons (Fsp3) is 0.857. The van der Waals surface area contributed by atoms with E-state index in [9.17, 15) is 5.11 Å². The predicted molar refractivity (Wildman–Crippen MR) is 113 cm³/mol. The van der Waals surface area contributed by atoms with E-state index in [4.69, 9.17) is 4.98 Å². The lowest BCUT2D eigenvalue weighted by molar-refractivity contribution is -0.0000530. The van der Waals surface area contributed by atoms with Crippen molar-refractivity contribution in [3.8, 4) is 0 Å². The number of nitrogens with zero attached hydrogens (tertiary/aromatic N) is 4. The molecule has 154 valence electrons. The molecule has 0 unspecified atom stereocenters. The molecule has 2 aliphatic heterocycles. The molecule has 0 amide bonds. The summed E-state index contributed by atoms with van der Waals surface area (Å²) in [6.45, 7) is 16.0. The van der Waals surface area contributed by atoms with E-state index in [2.05, 4.69) is 47.8 Å². The van der Waals surface area contributed by atoms with E-state index in [0.717, 1.165) is 32.6 Å². The van der Waals surface area contributed by atoms with Gasteiger partial charge in [-0.05, 0) is 52.1 Å². The van der Waals surface area contributed by atoms with Gasteiger partial charge in [0.05, 0.1) is 12.2 Å². The molecule has 0 aromatic carbocycles. The molecule has 1 N–H and O–H groups in total. The molecule has 0 spiro atoms. The highest BCUT2D eigenvalue weighted by molar-refractivity contribution is 7.09. The Balaban J connectivity index is 1.56. The first-order valence-electron chi connectivity index (χ1n) is 10.7. The topological polar surface area (TPSA) is 42.8 Å². The third kappa shape index (κ3) is 5.51. The summed E-state index contributed by atoms with van der Waals surface area (Å²) < 4.78 is 0. The van der Waals surface area contributed by atoms with E-state index in [-0.39, 0.29) is 6.61 Å². The van der Waals surface area contributed by atoms with Gasteiger partial charge in [-0.1, -0.05) is 13.8 Å². The van der Waals surface area contributed by atoms with Crippen LogP contribution in [0.4, 0.5) is 0 Å². The van der Waals surface area contributed by atoms with Crippen LogP contribution in [0.3, 0.4) is 0 Å². The van der Waals surface area contributed by atoms with Crippen molar-refractivity contribution in [1.29, 1.82) is 0 Å². The average molecular weight is 395 g/mol. The number of thiazole rings is 1. The molecular formula is C21H38N4OS. The maximum Gasteiger partial charge on any atom is 0.107 e. The quantitative estimate of drug-likeness (QED) is 0.770. The fourth-order valence-electron chi connectivity index (χ4n) is 4.55. The molecule has 5 nitrogen and oxygen atoms in total. The van der Waals surface area contributed by atoms with Crippen molar-refractivity contribution in [2.45, 2.75) is 77.5 Å². The van der Waals surface area contributed by atoms with Crippen LogP contribution >= 0.6 is 11.3 Å². The van der Waals surface area contributed by atoms with Crippen molar-refractivity contribution >= 4 is 11.3 Å². The molecule has 27 heavy (non-hydrogen) atoms. The number of piperazine rings is 1. The summed E-state index contributed by atoms with van der Waals surface area (Å²) in [7, 11) is 0. The van der Waals surface area contributed by atoms with E-state index in [1.807, 2.05) is 0 Å². The van der Waals surface area contributed by atoms with Crippen LogP contribution < -0.4 is 0 Å². The van der Waals surface area contributed by atoms with Crippen LogP contribution in [0, 0.1) is 0 Å². The highest BCUT2D eigenvalue weighted by atomic mass is 32.1. The van der Waals surface area contributed by atoms with Gasteiger partial charge >= 0.3 is 0 Å². The minimum absolute atomic E-state index is 0.286. The summed E-state index contributed by atoms with van der Waals surface area (Å²) in [5.74, 6) is 0.505. The first kappa shape index (κ1) is 21.2. The minimum atomic E-state index is 0.286. The highest BCUT2D eigenvalue weighted by Crippen LogP contribution is 2.26. The summed E-state index contributed by atoms with van der Waals surface area (Å²) in [4.78, 5) is 12.7. The van der Waals surface area contributed by atoms with Crippen LogP contribution in [0.25, 0.3) is 0 Å². The zero-order valence-corrected chi connectivity index (χ0v) is 18.4. The molecule has 0 bridgehead atoms. The van der Waals surface area contributed by atoms with E-state index in [0.29, 0.717) is 24.0 Å². The average Bonchev–Trinajstić information content (AvgIpc) is 3.11. The number of aliphatic hydroxyl groups excluding tert-OH is 1. The third-order valence-corrected chi connectivity index (χ3v) is 7.14. The second kappa shape index (κ2) is 9.79. The molecule has 2 fully saturated rings. The minimum Gasteiger partial charge on any atom is -0.396 e. The fourth-order valence-corrected chi connectivity index (χ4v) is 5.55. The molecule has 1 aromatic rings. The van der Waals surface area contributed by atoms with Crippen molar-refractivity contribution in [3.63, 3.8) is 0 Å². The number of hydrogen-bond donors (Lipinski definition) is 1. The van der Waals surface area contributed by atoms with E-state index < -0.39 is 0 Å². The first-order chi connectivity index (χ1) is 13.0. The van der Waals surface area contributed by atoms with Crippen molar-refractivity contribution in [2.24, 2.45) is 0 Å². The van der Waals surface area contributed by atoms with Gasteiger partial charge in [0, 0.05) is 49.7 Å². The monoisotopic (exact) mass is 394 g/mol. The SMILES string of the molecule is CC(C)c1csc(CN2CCN(C3CCN(C(C)C)CC3)[C@H](CCO)C2)n1. The molecule has 0 saturated carbocycles. The normalized spacial score (nSPS) is 24.3. The molecule has 1 aromatic heterocycles. The Labute approximate surface area is 169 Å². The molecule has 3 heterocycles. The van der Waals surface area contributed by atoms with Crippen LogP contribution in [0.5, 0.6) is 0 Å². The Morgan fingerprint density at radius 1 is 1.15 bits per heavy atom. The molecule has 2 aliphatic rings. The van der Waals surface area contributed by atoms with Gasteiger partial charge in [-0.15, -0.1) is 11.3 Å². The molecular weight excluding hydrogens is 356 g/mol. The smallest absolute Gasteiger partial charge is 0.107 e. The predicted octanol–water partition coefficient (Wildman–Crippen LogP) is 3.01. The van der Waals surface area contributed by atoms with Gasteiger partial charge in [-0.3, -0.25) is 9.80 Å². The Hall–Kier alpha value is -0.530. The summed E-state index contributed by atoms with van der Waals surface area (Å²) in [6, 6.07) is 1.82. The number of hydrogen-bond acceptors (Lipinski definition) is 6. The summed E-state index contributed by atoms with van der Waals surface area (Å²) in [5.41, 5.74) is 1.22. The van der Waals surface area contributed by atoms with E-state index in [1.165, 1.54) is 36.6 Å². The zero-order chi connectivity index (χ0) is 19.4. The Morgan fingerprint density at radius 3 is 2.48 bits per heavy atom. The number of likely N-dealkylation sites (tertiary alicyclic amines) is 1. The second-order valence-corrected chi connectivity index (χ2v) is 9.76. The van der Waals surface area contributed by atoms with Crippen molar-refractivity contribution < 1.29 is 5.11 Å². The van der Waals surface area contributed by atoms with Gasteiger partial charge in [-0.25, -0.2) is 4.98 Å². The largest absolute Gasteiger partial charge is 0.396 e.